The number of nitrogens with one attached hydrogen (secondary N) is 3. The van der Waals surface area contributed by atoms with Crippen molar-refractivity contribution < 1.29 is 4.79 Å². The van der Waals surface area contributed by atoms with Gasteiger partial charge in [-0.2, -0.15) is 0 Å². The molecule has 7 nitrogen and oxygen atoms in total. The molecule has 0 bridgehead atoms. The molecular weight excluding hydrogens is 396 g/mol. The molecule has 3 rings (SSSR count). The SMILES string of the molecule is Cc1ccccc1C(=O)NNc1ncnc(Nc2ccccc2Br)c1N. The molecule has 0 saturated carbocycles. The van der Waals surface area contributed by atoms with Gasteiger partial charge in [-0.05, 0) is 46.6 Å². The number of aromatic nitrogens is 2. The van der Waals surface area contributed by atoms with Crippen LogP contribution in [0.25, 0.3) is 0 Å². The molecular formula is C18H17BrN6O. The first-order chi connectivity index (χ1) is 12.6. The number of anilines is 4. The molecule has 2 aromatic carbocycles. The fourth-order valence-corrected chi connectivity index (χ4v) is 2.68. The predicted molar refractivity (Wildman–Crippen MR) is 106 cm³/mol. The Kier molecular flexibility index (Phi) is 5.33. The molecule has 1 heterocycles. The van der Waals surface area contributed by atoms with Crippen molar-refractivity contribution in [2.24, 2.45) is 0 Å². The molecule has 0 saturated heterocycles. The van der Waals surface area contributed by atoms with Crippen LogP contribution >= 0.6 is 15.9 Å². The van der Waals surface area contributed by atoms with Crippen LogP contribution in [-0.4, -0.2) is 15.9 Å². The van der Waals surface area contributed by atoms with Gasteiger partial charge >= 0.3 is 0 Å². The number of nitrogen functional groups attached to an aromatic ring is 1. The summed E-state index contributed by atoms with van der Waals surface area (Å²) in [5, 5.41) is 3.13. The van der Waals surface area contributed by atoms with Gasteiger partial charge in [-0.3, -0.25) is 15.6 Å². The standard InChI is InChI=1S/C18H17BrN6O/c1-11-6-2-3-7-12(11)18(26)25-24-17-15(20)16(21-10-22-17)23-14-9-5-4-8-13(14)19/h2-10H,20H2,1H3,(H,25,26)(H2,21,22,23,24). The maximum atomic E-state index is 12.3. The molecule has 132 valence electrons. The summed E-state index contributed by atoms with van der Waals surface area (Å²) in [6.45, 7) is 1.87. The van der Waals surface area contributed by atoms with Gasteiger partial charge < -0.3 is 11.1 Å². The number of nitrogens with zero attached hydrogens (tertiary/aromatic N) is 2. The van der Waals surface area contributed by atoms with Crippen LogP contribution in [0, 0.1) is 6.92 Å². The number of amides is 1. The van der Waals surface area contributed by atoms with Gasteiger partial charge in [0.05, 0.1) is 5.69 Å². The molecule has 0 fully saturated rings. The Morgan fingerprint density at radius 1 is 1.04 bits per heavy atom. The number of hydrogen-bond acceptors (Lipinski definition) is 6. The van der Waals surface area contributed by atoms with Crippen LogP contribution in [0.1, 0.15) is 15.9 Å². The molecule has 3 aromatic rings. The second-order valence-electron chi connectivity index (χ2n) is 5.48. The topological polar surface area (TPSA) is 105 Å². The largest absolute Gasteiger partial charge is 0.393 e. The van der Waals surface area contributed by atoms with Crippen LogP contribution in [0.3, 0.4) is 0 Å². The van der Waals surface area contributed by atoms with Crippen LogP contribution < -0.4 is 21.9 Å². The minimum absolute atomic E-state index is 0.276. The number of aryl methyl sites for hydroxylation is 1. The highest BCUT2D eigenvalue weighted by Gasteiger charge is 2.12. The zero-order valence-corrected chi connectivity index (χ0v) is 15.5. The van der Waals surface area contributed by atoms with Gasteiger partial charge in [-0.15, -0.1) is 0 Å². The summed E-state index contributed by atoms with van der Waals surface area (Å²) in [6.07, 6.45) is 1.36. The zero-order valence-electron chi connectivity index (χ0n) is 14.0. The molecule has 0 atom stereocenters. The van der Waals surface area contributed by atoms with Crippen molar-refractivity contribution in [2.45, 2.75) is 6.92 Å². The summed E-state index contributed by atoms with van der Waals surface area (Å²) in [5.74, 6) is 0.456. The molecule has 0 spiro atoms. The van der Waals surface area contributed by atoms with Gasteiger partial charge in [0.2, 0.25) is 0 Å². The number of hydrogen-bond donors (Lipinski definition) is 4. The normalized spacial score (nSPS) is 10.2. The van der Waals surface area contributed by atoms with E-state index in [1.54, 1.807) is 12.1 Å². The summed E-state index contributed by atoms with van der Waals surface area (Å²) >= 11 is 3.46. The average molecular weight is 413 g/mol. The van der Waals surface area contributed by atoms with E-state index in [-0.39, 0.29) is 11.6 Å². The van der Waals surface area contributed by atoms with E-state index in [2.05, 4.69) is 42.1 Å². The quantitative estimate of drug-likeness (QED) is 0.476. The Balaban J connectivity index is 1.74. The minimum atomic E-state index is -0.276. The fourth-order valence-electron chi connectivity index (χ4n) is 2.30. The highest BCUT2D eigenvalue weighted by molar-refractivity contribution is 9.10. The molecule has 0 aliphatic rings. The van der Waals surface area contributed by atoms with E-state index in [4.69, 9.17) is 5.73 Å². The van der Waals surface area contributed by atoms with Crippen molar-refractivity contribution in [3.05, 3.63) is 70.5 Å². The third-order valence-electron chi connectivity index (χ3n) is 3.69. The third-order valence-corrected chi connectivity index (χ3v) is 4.39. The van der Waals surface area contributed by atoms with Crippen molar-refractivity contribution in [3.8, 4) is 0 Å². The Morgan fingerprint density at radius 2 is 1.73 bits per heavy atom. The minimum Gasteiger partial charge on any atom is -0.393 e. The molecule has 1 amide bonds. The Morgan fingerprint density at radius 3 is 2.50 bits per heavy atom. The third kappa shape index (κ3) is 3.92. The summed E-state index contributed by atoms with van der Waals surface area (Å²) in [6, 6.07) is 14.9. The lowest BCUT2D eigenvalue weighted by Gasteiger charge is -2.14. The Labute approximate surface area is 159 Å². The number of benzene rings is 2. The number of nitrogens with two attached hydrogens (primary N) is 1. The number of carbonyl (C=O) groups excluding carboxylic acids is 1. The maximum absolute atomic E-state index is 12.3. The number of para-hydroxylation sites is 1. The number of rotatable bonds is 5. The predicted octanol–water partition coefficient (Wildman–Crippen LogP) is 3.63. The van der Waals surface area contributed by atoms with Crippen molar-refractivity contribution in [3.63, 3.8) is 0 Å². The van der Waals surface area contributed by atoms with Gasteiger partial charge in [-0.25, -0.2) is 9.97 Å². The average Bonchev–Trinajstić information content (AvgIpc) is 2.64. The zero-order chi connectivity index (χ0) is 18.5. The number of hydrazine groups is 1. The molecule has 0 radical (unpaired) electrons. The van der Waals surface area contributed by atoms with Gasteiger partial charge in [0.25, 0.3) is 5.91 Å². The van der Waals surface area contributed by atoms with E-state index >= 15 is 0 Å². The Bertz CT molecular complexity index is 946. The van der Waals surface area contributed by atoms with Gasteiger partial charge in [0, 0.05) is 10.0 Å². The lowest BCUT2D eigenvalue weighted by atomic mass is 10.1. The molecule has 0 unspecified atom stereocenters. The van der Waals surface area contributed by atoms with Crippen LogP contribution in [0.2, 0.25) is 0 Å². The van der Waals surface area contributed by atoms with Gasteiger partial charge in [-0.1, -0.05) is 30.3 Å². The smallest absolute Gasteiger partial charge is 0.269 e. The van der Waals surface area contributed by atoms with E-state index < -0.39 is 0 Å². The van der Waals surface area contributed by atoms with Gasteiger partial charge in [0.1, 0.15) is 12.0 Å². The van der Waals surface area contributed by atoms with Crippen molar-refractivity contribution in [2.75, 3.05) is 16.5 Å². The molecule has 1 aromatic heterocycles. The second-order valence-corrected chi connectivity index (χ2v) is 6.34. The van der Waals surface area contributed by atoms with E-state index in [1.165, 1.54) is 6.33 Å². The number of carbonyl (C=O) groups is 1. The van der Waals surface area contributed by atoms with Crippen LogP contribution in [-0.2, 0) is 0 Å². The first-order valence-electron chi connectivity index (χ1n) is 7.80. The van der Waals surface area contributed by atoms with Crippen LogP contribution in [0.15, 0.2) is 59.3 Å². The molecule has 26 heavy (non-hydrogen) atoms. The van der Waals surface area contributed by atoms with Crippen molar-refractivity contribution in [1.82, 2.24) is 15.4 Å². The summed E-state index contributed by atoms with van der Waals surface area (Å²) in [5.41, 5.74) is 14.0. The molecule has 8 heteroatoms. The lowest BCUT2D eigenvalue weighted by Crippen LogP contribution is -2.30. The highest BCUT2D eigenvalue weighted by Crippen LogP contribution is 2.29. The van der Waals surface area contributed by atoms with Gasteiger partial charge in [0.15, 0.2) is 11.6 Å². The molecule has 0 aliphatic carbocycles. The van der Waals surface area contributed by atoms with Crippen LogP contribution in [0.5, 0.6) is 0 Å². The monoisotopic (exact) mass is 412 g/mol. The lowest BCUT2D eigenvalue weighted by molar-refractivity contribution is 0.0962. The summed E-state index contributed by atoms with van der Waals surface area (Å²) in [7, 11) is 0. The van der Waals surface area contributed by atoms with Crippen molar-refractivity contribution in [1.29, 1.82) is 0 Å². The second kappa shape index (κ2) is 7.83. The number of halogens is 1. The van der Waals surface area contributed by atoms with Crippen LogP contribution in [0.4, 0.5) is 23.0 Å². The summed E-state index contributed by atoms with van der Waals surface area (Å²) in [4.78, 5) is 20.5. The molecule has 0 aliphatic heterocycles. The van der Waals surface area contributed by atoms with E-state index in [1.807, 2.05) is 43.3 Å². The maximum Gasteiger partial charge on any atom is 0.269 e. The Hall–Kier alpha value is -3.13. The van der Waals surface area contributed by atoms with Crippen molar-refractivity contribution >= 4 is 44.8 Å². The molecule has 5 N–H and O–H groups in total. The highest BCUT2D eigenvalue weighted by atomic mass is 79.9. The fraction of sp³-hybridized carbons (Fsp3) is 0.0556. The first kappa shape index (κ1) is 17.7. The summed E-state index contributed by atoms with van der Waals surface area (Å²) < 4.78 is 0.875. The van der Waals surface area contributed by atoms with E-state index in [0.717, 1.165) is 15.7 Å². The van der Waals surface area contributed by atoms with E-state index in [0.29, 0.717) is 17.2 Å². The first-order valence-corrected chi connectivity index (χ1v) is 8.59. The van der Waals surface area contributed by atoms with E-state index in [9.17, 15) is 4.79 Å².